The fourth-order valence-electron chi connectivity index (χ4n) is 1.87. The lowest BCUT2D eigenvalue weighted by Crippen LogP contribution is -2.27. The SMILES string of the molecule is CC1(CCS(=O)(=O)NCc2ccc(C(=O)O)cc2)CC1. The van der Waals surface area contributed by atoms with Crippen molar-refractivity contribution < 1.29 is 18.3 Å². The van der Waals surface area contributed by atoms with Gasteiger partial charge in [0.05, 0.1) is 11.3 Å². The van der Waals surface area contributed by atoms with E-state index in [2.05, 4.69) is 11.6 Å². The van der Waals surface area contributed by atoms with Crippen LogP contribution in [0.5, 0.6) is 0 Å². The van der Waals surface area contributed by atoms with Gasteiger partial charge in [0, 0.05) is 6.54 Å². The highest BCUT2D eigenvalue weighted by molar-refractivity contribution is 7.89. The molecule has 1 aliphatic carbocycles. The smallest absolute Gasteiger partial charge is 0.335 e. The Morgan fingerprint density at radius 2 is 1.90 bits per heavy atom. The minimum absolute atomic E-state index is 0.150. The maximum absolute atomic E-state index is 11.8. The largest absolute Gasteiger partial charge is 0.478 e. The summed E-state index contributed by atoms with van der Waals surface area (Å²) < 4.78 is 26.2. The lowest BCUT2D eigenvalue weighted by atomic mass is 10.1. The Balaban J connectivity index is 1.85. The Hall–Kier alpha value is -1.40. The maximum atomic E-state index is 11.8. The van der Waals surface area contributed by atoms with Crippen molar-refractivity contribution in [1.82, 2.24) is 4.72 Å². The molecule has 0 atom stereocenters. The highest BCUT2D eigenvalue weighted by Crippen LogP contribution is 2.48. The van der Waals surface area contributed by atoms with E-state index in [0.29, 0.717) is 6.42 Å². The summed E-state index contributed by atoms with van der Waals surface area (Å²) in [5.41, 5.74) is 1.16. The lowest BCUT2D eigenvalue weighted by Gasteiger charge is -2.10. The number of rotatable bonds is 7. The molecule has 0 spiro atoms. The van der Waals surface area contributed by atoms with Gasteiger partial charge in [-0.25, -0.2) is 17.9 Å². The second kappa shape index (κ2) is 5.54. The van der Waals surface area contributed by atoms with Crippen molar-refractivity contribution in [2.45, 2.75) is 32.7 Å². The van der Waals surface area contributed by atoms with E-state index < -0.39 is 16.0 Å². The summed E-state index contributed by atoms with van der Waals surface area (Å²) in [5.74, 6) is -0.841. The molecule has 1 aromatic carbocycles. The Kier molecular flexibility index (Phi) is 4.15. The van der Waals surface area contributed by atoms with Gasteiger partial charge in [0.15, 0.2) is 0 Å². The molecule has 5 nitrogen and oxygen atoms in total. The number of aromatic carboxylic acids is 1. The first-order valence-corrected chi connectivity index (χ1v) is 8.25. The molecule has 1 aromatic rings. The molecule has 2 N–H and O–H groups in total. The van der Waals surface area contributed by atoms with Crippen LogP contribution < -0.4 is 4.72 Å². The van der Waals surface area contributed by atoms with Crippen molar-refractivity contribution >= 4 is 16.0 Å². The van der Waals surface area contributed by atoms with Crippen molar-refractivity contribution in [1.29, 1.82) is 0 Å². The molecule has 0 saturated heterocycles. The molecule has 110 valence electrons. The van der Waals surface area contributed by atoms with E-state index in [1.165, 1.54) is 12.1 Å². The number of carboxylic acid groups (broad SMARTS) is 1. The van der Waals surface area contributed by atoms with Crippen molar-refractivity contribution in [2.24, 2.45) is 5.41 Å². The number of benzene rings is 1. The molecule has 0 aliphatic heterocycles. The quantitative estimate of drug-likeness (QED) is 0.806. The van der Waals surface area contributed by atoms with Gasteiger partial charge < -0.3 is 5.11 Å². The Bertz CT molecular complexity index is 588. The van der Waals surface area contributed by atoms with E-state index in [0.717, 1.165) is 18.4 Å². The molecule has 6 heteroatoms. The summed E-state index contributed by atoms with van der Waals surface area (Å²) in [5, 5.41) is 8.78. The van der Waals surface area contributed by atoms with Crippen LogP contribution in [0.25, 0.3) is 0 Å². The summed E-state index contributed by atoms with van der Waals surface area (Å²) in [6.07, 6.45) is 2.92. The number of carboxylic acids is 1. The molecule has 0 amide bonds. The monoisotopic (exact) mass is 297 g/mol. The van der Waals surface area contributed by atoms with Gasteiger partial charge in [-0.15, -0.1) is 0 Å². The molecule has 1 aliphatic rings. The number of hydrogen-bond donors (Lipinski definition) is 2. The fourth-order valence-corrected chi connectivity index (χ4v) is 3.17. The van der Waals surface area contributed by atoms with Crippen LogP contribution in [0, 0.1) is 5.41 Å². The Morgan fingerprint density at radius 1 is 1.30 bits per heavy atom. The standard InChI is InChI=1S/C14H19NO4S/c1-14(6-7-14)8-9-20(18,19)15-10-11-2-4-12(5-3-11)13(16)17/h2-5,15H,6-10H2,1H3,(H,16,17). The topological polar surface area (TPSA) is 83.5 Å². The third-order valence-electron chi connectivity index (χ3n) is 3.77. The van der Waals surface area contributed by atoms with Gasteiger partial charge in [-0.3, -0.25) is 0 Å². The van der Waals surface area contributed by atoms with Gasteiger partial charge >= 0.3 is 5.97 Å². The second-order valence-electron chi connectivity index (χ2n) is 5.70. The van der Waals surface area contributed by atoms with Crippen LogP contribution in [-0.4, -0.2) is 25.2 Å². The molecule has 0 heterocycles. The van der Waals surface area contributed by atoms with E-state index in [9.17, 15) is 13.2 Å². The predicted octanol–water partition coefficient (Wildman–Crippen LogP) is 1.99. The van der Waals surface area contributed by atoms with E-state index >= 15 is 0 Å². The zero-order chi connectivity index (χ0) is 14.8. The third-order valence-corrected chi connectivity index (χ3v) is 5.10. The van der Waals surface area contributed by atoms with Gasteiger partial charge in [-0.1, -0.05) is 19.1 Å². The third kappa shape index (κ3) is 4.31. The molecular weight excluding hydrogens is 278 g/mol. The molecule has 0 radical (unpaired) electrons. The van der Waals surface area contributed by atoms with E-state index in [4.69, 9.17) is 5.11 Å². The first-order valence-electron chi connectivity index (χ1n) is 6.59. The first kappa shape index (κ1) is 15.0. The van der Waals surface area contributed by atoms with Gasteiger partial charge in [-0.2, -0.15) is 0 Å². The molecule has 0 unspecified atom stereocenters. The van der Waals surface area contributed by atoms with Crippen molar-refractivity contribution in [3.63, 3.8) is 0 Å². The fraction of sp³-hybridized carbons (Fsp3) is 0.500. The van der Waals surface area contributed by atoms with E-state index in [1.54, 1.807) is 12.1 Å². The summed E-state index contributed by atoms with van der Waals surface area (Å²) >= 11 is 0. The van der Waals surface area contributed by atoms with Crippen LogP contribution >= 0.6 is 0 Å². The molecular formula is C14H19NO4S. The van der Waals surface area contributed by atoms with Crippen LogP contribution in [0.3, 0.4) is 0 Å². The average molecular weight is 297 g/mol. The van der Waals surface area contributed by atoms with Gasteiger partial charge in [0.2, 0.25) is 10.0 Å². The lowest BCUT2D eigenvalue weighted by molar-refractivity contribution is 0.0697. The number of carbonyl (C=O) groups is 1. The zero-order valence-electron chi connectivity index (χ0n) is 11.4. The van der Waals surface area contributed by atoms with Gasteiger partial charge in [0.25, 0.3) is 0 Å². The van der Waals surface area contributed by atoms with Crippen LogP contribution in [0.2, 0.25) is 0 Å². The highest BCUT2D eigenvalue weighted by atomic mass is 32.2. The normalized spacial score (nSPS) is 16.9. The zero-order valence-corrected chi connectivity index (χ0v) is 12.2. The predicted molar refractivity (Wildman–Crippen MR) is 76.0 cm³/mol. The number of hydrogen-bond acceptors (Lipinski definition) is 3. The van der Waals surface area contributed by atoms with E-state index in [-0.39, 0.29) is 23.3 Å². The minimum Gasteiger partial charge on any atom is -0.478 e. The molecule has 0 bridgehead atoms. The van der Waals surface area contributed by atoms with Crippen LogP contribution in [0.4, 0.5) is 0 Å². The van der Waals surface area contributed by atoms with Crippen molar-refractivity contribution in [3.05, 3.63) is 35.4 Å². The highest BCUT2D eigenvalue weighted by Gasteiger charge is 2.37. The molecule has 0 aromatic heterocycles. The average Bonchev–Trinajstić information content (AvgIpc) is 3.14. The number of sulfonamides is 1. The Morgan fingerprint density at radius 3 is 2.40 bits per heavy atom. The summed E-state index contributed by atoms with van der Waals surface area (Å²) in [6.45, 7) is 2.30. The van der Waals surface area contributed by atoms with Crippen molar-refractivity contribution in [2.75, 3.05) is 5.75 Å². The maximum Gasteiger partial charge on any atom is 0.335 e. The first-order chi connectivity index (χ1) is 9.30. The molecule has 1 fully saturated rings. The van der Waals surface area contributed by atoms with Crippen LogP contribution in [-0.2, 0) is 16.6 Å². The van der Waals surface area contributed by atoms with E-state index in [1.807, 2.05) is 0 Å². The minimum atomic E-state index is -3.27. The van der Waals surface area contributed by atoms with Gasteiger partial charge in [-0.05, 0) is 42.4 Å². The second-order valence-corrected chi connectivity index (χ2v) is 7.63. The summed E-state index contributed by atoms with van der Waals surface area (Å²) in [4.78, 5) is 10.7. The molecule has 2 rings (SSSR count). The van der Waals surface area contributed by atoms with Gasteiger partial charge in [0.1, 0.15) is 0 Å². The molecule has 20 heavy (non-hydrogen) atoms. The number of nitrogens with one attached hydrogen (secondary N) is 1. The van der Waals surface area contributed by atoms with Crippen LogP contribution in [0.15, 0.2) is 24.3 Å². The summed E-state index contributed by atoms with van der Waals surface area (Å²) in [6, 6.07) is 6.18. The van der Waals surface area contributed by atoms with Crippen LogP contribution in [0.1, 0.15) is 42.1 Å². The molecule has 1 saturated carbocycles. The Labute approximate surface area is 119 Å². The van der Waals surface area contributed by atoms with Crippen molar-refractivity contribution in [3.8, 4) is 0 Å². The summed E-state index contributed by atoms with van der Waals surface area (Å²) in [7, 11) is -3.27.